The van der Waals surface area contributed by atoms with Gasteiger partial charge in [-0.25, -0.2) is 0 Å². The lowest BCUT2D eigenvalue weighted by atomic mass is 10.2. The fourth-order valence-electron chi connectivity index (χ4n) is 2.83. The van der Waals surface area contributed by atoms with Crippen LogP contribution < -0.4 is 10.9 Å². The average molecular weight is 494 g/mol. The first-order valence-corrected chi connectivity index (χ1v) is 10.8. The number of nitrogens with zero attached hydrogens (tertiary/aromatic N) is 2. The number of halogens is 1. The Bertz CT molecular complexity index is 1290. The largest absolute Gasteiger partial charge is 0.505 e. The minimum atomic E-state index is -0.621. The molecule has 0 bridgehead atoms. The summed E-state index contributed by atoms with van der Waals surface area (Å²) in [4.78, 5) is 27.1. The lowest BCUT2D eigenvalue weighted by Crippen LogP contribution is -2.25. The Balaban J connectivity index is 1.65. The summed E-state index contributed by atoms with van der Waals surface area (Å²) in [6.45, 7) is 0. The van der Waals surface area contributed by atoms with Crippen LogP contribution in [0.3, 0.4) is 0 Å². The van der Waals surface area contributed by atoms with Crippen LogP contribution in [0, 0.1) is 0 Å². The second kappa shape index (κ2) is 9.20. The predicted molar refractivity (Wildman–Crippen MR) is 124 cm³/mol. The van der Waals surface area contributed by atoms with E-state index in [0.717, 1.165) is 25.0 Å². The lowest BCUT2D eigenvalue weighted by Gasteiger charge is -2.12. The van der Waals surface area contributed by atoms with Crippen LogP contribution >= 0.6 is 27.7 Å². The molecule has 0 radical (unpaired) electrons. The van der Waals surface area contributed by atoms with Gasteiger partial charge in [0.25, 0.3) is 11.5 Å². The van der Waals surface area contributed by atoms with Gasteiger partial charge in [-0.3, -0.25) is 9.59 Å². The molecule has 0 spiro atoms. The van der Waals surface area contributed by atoms with E-state index in [-0.39, 0.29) is 5.69 Å². The van der Waals surface area contributed by atoms with Crippen LogP contribution in [-0.4, -0.2) is 20.8 Å². The number of aromatic hydroxyl groups is 1. The summed E-state index contributed by atoms with van der Waals surface area (Å²) in [6.07, 6.45) is 0. The van der Waals surface area contributed by atoms with Gasteiger partial charge in [-0.05, 0) is 48.5 Å². The van der Waals surface area contributed by atoms with Crippen molar-refractivity contribution in [3.63, 3.8) is 0 Å². The highest BCUT2D eigenvalue weighted by atomic mass is 79.9. The Kier molecular flexibility index (Phi) is 6.20. The van der Waals surface area contributed by atoms with Crippen LogP contribution in [0.1, 0.15) is 10.5 Å². The van der Waals surface area contributed by atoms with E-state index in [1.807, 2.05) is 42.5 Å². The minimum absolute atomic E-state index is 0.248. The Morgan fingerprint density at radius 1 is 0.968 bits per heavy atom. The molecule has 0 aliphatic rings. The molecule has 4 rings (SSSR count). The molecule has 0 unspecified atom stereocenters. The first kappa shape index (κ1) is 20.9. The molecule has 31 heavy (non-hydrogen) atoms. The fourth-order valence-corrected chi connectivity index (χ4v) is 4.02. The maximum atomic E-state index is 12.9. The molecule has 154 valence electrons. The summed E-state index contributed by atoms with van der Waals surface area (Å²) in [5, 5.41) is 17.1. The lowest BCUT2D eigenvalue weighted by molar-refractivity contribution is 0.101. The number of hydrogen-bond acceptors (Lipinski definition) is 5. The predicted octanol–water partition coefficient (Wildman–Crippen LogP) is 5.10. The maximum absolute atomic E-state index is 12.9. The zero-order valence-corrected chi connectivity index (χ0v) is 18.4. The van der Waals surface area contributed by atoms with Gasteiger partial charge >= 0.3 is 0 Å². The molecular weight excluding hydrogens is 478 g/mol. The van der Waals surface area contributed by atoms with E-state index in [1.54, 1.807) is 36.4 Å². The zero-order valence-electron chi connectivity index (χ0n) is 16.0. The highest BCUT2D eigenvalue weighted by Crippen LogP contribution is 2.33. The summed E-state index contributed by atoms with van der Waals surface area (Å²) in [7, 11) is 0. The first-order chi connectivity index (χ1) is 15.0. The van der Waals surface area contributed by atoms with E-state index >= 15 is 0 Å². The van der Waals surface area contributed by atoms with Crippen molar-refractivity contribution in [3.05, 3.63) is 105 Å². The molecule has 6 nitrogen and oxygen atoms in total. The molecule has 1 amide bonds. The normalized spacial score (nSPS) is 10.6. The topological polar surface area (TPSA) is 84.2 Å². The van der Waals surface area contributed by atoms with Crippen molar-refractivity contribution >= 4 is 39.3 Å². The van der Waals surface area contributed by atoms with Crippen molar-refractivity contribution < 1.29 is 9.90 Å². The molecule has 1 aromatic heterocycles. The number of nitrogens with one attached hydrogen (secondary N) is 1. The molecule has 0 aliphatic heterocycles. The number of anilines is 1. The molecule has 0 saturated carbocycles. The standard InChI is InChI=1S/C23H16BrN3O3S/c24-15-10-12-16(13-11-15)27-21(29)14-19(28)22(26-27)23(30)25-18-8-4-5-9-20(18)31-17-6-2-1-3-7-17/h1-14,28H,(H,25,30). The molecule has 8 heteroatoms. The van der Waals surface area contributed by atoms with Crippen molar-refractivity contribution in [1.82, 2.24) is 9.78 Å². The maximum Gasteiger partial charge on any atom is 0.280 e. The minimum Gasteiger partial charge on any atom is -0.505 e. The smallest absolute Gasteiger partial charge is 0.280 e. The Morgan fingerprint density at radius 3 is 2.39 bits per heavy atom. The van der Waals surface area contributed by atoms with Gasteiger partial charge in [-0.1, -0.05) is 58.0 Å². The molecule has 3 aromatic carbocycles. The number of amides is 1. The van der Waals surface area contributed by atoms with Crippen molar-refractivity contribution in [2.45, 2.75) is 9.79 Å². The summed E-state index contributed by atoms with van der Waals surface area (Å²) in [5.41, 5.74) is 0.254. The number of benzene rings is 3. The second-order valence-corrected chi connectivity index (χ2v) is 8.50. The van der Waals surface area contributed by atoms with Gasteiger partial charge in [0, 0.05) is 20.3 Å². The molecule has 0 fully saturated rings. The van der Waals surface area contributed by atoms with E-state index in [1.165, 1.54) is 11.8 Å². The van der Waals surface area contributed by atoms with Crippen LogP contribution in [0.15, 0.2) is 104 Å². The van der Waals surface area contributed by atoms with E-state index < -0.39 is 17.2 Å². The number of para-hydroxylation sites is 1. The molecule has 2 N–H and O–H groups in total. The van der Waals surface area contributed by atoms with E-state index in [9.17, 15) is 14.7 Å². The van der Waals surface area contributed by atoms with Gasteiger partial charge in [-0.15, -0.1) is 0 Å². The zero-order chi connectivity index (χ0) is 21.8. The third kappa shape index (κ3) is 4.87. The first-order valence-electron chi connectivity index (χ1n) is 9.24. The molecular formula is C23H16BrN3O3S. The van der Waals surface area contributed by atoms with Crippen LogP contribution in [0.4, 0.5) is 5.69 Å². The molecule has 4 aromatic rings. The SMILES string of the molecule is O=C(Nc1ccccc1Sc1ccccc1)c1nn(-c2ccc(Br)cc2)c(=O)cc1O. The summed E-state index contributed by atoms with van der Waals surface area (Å²) in [6, 6.07) is 25.0. The third-order valence-corrected chi connectivity index (χ3v) is 5.92. The van der Waals surface area contributed by atoms with Crippen molar-refractivity contribution in [3.8, 4) is 11.4 Å². The second-order valence-electron chi connectivity index (χ2n) is 6.47. The van der Waals surface area contributed by atoms with Gasteiger partial charge in [0.05, 0.1) is 11.4 Å². The summed E-state index contributed by atoms with van der Waals surface area (Å²) >= 11 is 4.84. The summed E-state index contributed by atoms with van der Waals surface area (Å²) in [5.74, 6) is -1.10. The van der Waals surface area contributed by atoms with Gasteiger partial charge in [-0.2, -0.15) is 9.78 Å². The van der Waals surface area contributed by atoms with E-state index in [0.29, 0.717) is 11.4 Å². The van der Waals surface area contributed by atoms with Gasteiger partial charge in [0.15, 0.2) is 11.4 Å². The molecule has 0 atom stereocenters. The van der Waals surface area contributed by atoms with Crippen LogP contribution in [-0.2, 0) is 0 Å². The van der Waals surface area contributed by atoms with E-state index in [4.69, 9.17) is 0 Å². The van der Waals surface area contributed by atoms with Gasteiger partial charge in [0.2, 0.25) is 0 Å². The van der Waals surface area contributed by atoms with Gasteiger partial charge in [0.1, 0.15) is 0 Å². The van der Waals surface area contributed by atoms with Crippen LogP contribution in [0.5, 0.6) is 5.75 Å². The highest BCUT2D eigenvalue weighted by molar-refractivity contribution is 9.10. The quantitative estimate of drug-likeness (QED) is 0.403. The van der Waals surface area contributed by atoms with Crippen LogP contribution in [0.25, 0.3) is 5.69 Å². The monoisotopic (exact) mass is 493 g/mol. The highest BCUT2D eigenvalue weighted by Gasteiger charge is 2.18. The molecule has 0 saturated heterocycles. The summed E-state index contributed by atoms with van der Waals surface area (Å²) < 4.78 is 1.92. The number of carbonyl (C=O) groups excluding carboxylic acids is 1. The Labute approximate surface area is 190 Å². The Morgan fingerprint density at radius 2 is 1.65 bits per heavy atom. The number of rotatable bonds is 5. The van der Waals surface area contributed by atoms with E-state index in [2.05, 4.69) is 26.3 Å². The van der Waals surface area contributed by atoms with Crippen LogP contribution in [0.2, 0.25) is 0 Å². The fraction of sp³-hybridized carbons (Fsp3) is 0. The number of hydrogen-bond donors (Lipinski definition) is 2. The molecule has 1 heterocycles. The van der Waals surface area contributed by atoms with Gasteiger partial charge < -0.3 is 10.4 Å². The van der Waals surface area contributed by atoms with Crippen molar-refractivity contribution in [2.75, 3.05) is 5.32 Å². The number of carbonyl (C=O) groups is 1. The van der Waals surface area contributed by atoms with Crippen molar-refractivity contribution in [1.29, 1.82) is 0 Å². The third-order valence-electron chi connectivity index (χ3n) is 4.30. The number of aromatic nitrogens is 2. The Hall–Kier alpha value is -3.36. The van der Waals surface area contributed by atoms with Crippen molar-refractivity contribution in [2.24, 2.45) is 0 Å². The average Bonchev–Trinajstić information content (AvgIpc) is 2.77. The molecule has 0 aliphatic carbocycles.